The van der Waals surface area contributed by atoms with Crippen LogP contribution in [0.25, 0.3) is 0 Å². The molecule has 0 unspecified atom stereocenters. The quantitative estimate of drug-likeness (QED) is 0.334. The van der Waals surface area contributed by atoms with Crippen LogP contribution in [-0.4, -0.2) is 51.5 Å². The van der Waals surface area contributed by atoms with Crippen LogP contribution in [0.4, 0.5) is 5.95 Å². The molecule has 0 saturated heterocycles. The zero-order chi connectivity index (χ0) is 25.4. The van der Waals surface area contributed by atoms with Gasteiger partial charge in [-0.2, -0.15) is 0 Å². The largest absolute Gasteiger partial charge is 0.481 e. The summed E-state index contributed by atoms with van der Waals surface area (Å²) in [6, 6.07) is 9.64. The normalized spacial score (nSPS) is 17.2. The van der Waals surface area contributed by atoms with Crippen molar-refractivity contribution in [3.8, 4) is 0 Å². The van der Waals surface area contributed by atoms with Crippen molar-refractivity contribution in [2.75, 3.05) is 18.4 Å². The highest BCUT2D eigenvalue weighted by Crippen LogP contribution is 2.44. The Morgan fingerprint density at radius 1 is 0.889 bits per heavy atom. The second-order valence-corrected chi connectivity index (χ2v) is 10.2. The van der Waals surface area contributed by atoms with Crippen molar-refractivity contribution in [2.45, 2.75) is 69.7 Å². The maximum Gasteiger partial charge on any atom is 0.303 e. The number of nitrogens with zero attached hydrogens (tertiary/aromatic N) is 2. The van der Waals surface area contributed by atoms with Gasteiger partial charge in [0, 0.05) is 44.7 Å². The number of nitrogens with one attached hydrogen (secondary N) is 3. The zero-order valence-electron chi connectivity index (χ0n) is 20.6. The number of carbonyl (C=O) groups excluding carboxylic acids is 2. The number of fused-ring (bicyclic) bond motifs is 1. The zero-order valence-corrected chi connectivity index (χ0v) is 20.6. The SMILES string of the molecule is O=C(O)CC1(CC(=O)NC2(C(=O)NCCCCNc3ncccn3)Cc3ccccc3C2)CCCC1. The van der Waals surface area contributed by atoms with Crippen molar-refractivity contribution < 1.29 is 19.5 Å². The molecule has 1 aromatic carbocycles. The van der Waals surface area contributed by atoms with Crippen LogP contribution < -0.4 is 16.0 Å². The van der Waals surface area contributed by atoms with Gasteiger partial charge in [0.25, 0.3) is 0 Å². The molecule has 9 heteroatoms. The van der Waals surface area contributed by atoms with E-state index < -0.39 is 16.9 Å². The van der Waals surface area contributed by atoms with Gasteiger partial charge in [0.2, 0.25) is 17.8 Å². The number of amides is 2. The summed E-state index contributed by atoms with van der Waals surface area (Å²) in [5.41, 5.74) is 0.538. The van der Waals surface area contributed by atoms with E-state index in [0.717, 1.165) is 49.7 Å². The lowest BCUT2D eigenvalue weighted by molar-refractivity contribution is -0.141. The highest BCUT2D eigenvalue weighted by Gasteiger charge is 2.46. The van der Waals surface area contributed by atoms with E-state index in [0.29, 0.717) is 31.9 Å². The van der Waals surface area contributed by atoms with Crippen LogP contribution >= 0.6 is 0 Å². The van der Waals surface area contributed by atoms with Gasteiger partial charge in [0.15, 0.2) is 0 Å². The summed E-state index contributed by atoms with van der Waals surface area (Å²) in [4.78, 5) is 46.4. The summed E-state index contributed by atoms with van der Waals surface area (Å²) >= 11 is 0. The first-order valence-electron chi connectivity index (χ1n) is 12.8. The average Bonchev–Trinajstić information content (AvgIpc) is 3.45. The molecule has 9 nitrogen and oxygen atoms in total. The van der Waals surface area contributed by atoms with Crippen molar-refractivity contribution in [1.82, 2.24) is 20.6 Å². The van der Waals surface area contributed by atoms with Crippen molar-refractivity contribution in [2.24, 2.45) is 5.41 Å². The van der Waals surface area contributed by atoms with E-state index in [1.165, 1.54) is 0 Å². The van der Waals surface area contributed by atoms with E-state index in [1.54, 1.807) is 18.5 Å². The number of aromatic nitrogens is 2. The van der Waals surface area contributed by atoms with Gasteiger partial charge in [-0.1, -0.05) is 37.1 Å². The maximum absolute atomic E-state index is 13.5. The smallest absolute Gasteiger partial charge is 0.303 e. The van der Waals surface area contributed by atoms with E-state index in [4.69, 9.17) is 0 Å². The fourth-order valence-corrected chi connectivity index (χ4v) is 5.65. The lowest BCUT2D eigenvalue weighted by atomic mass is 9.79. The molecule has 0 spiro atoms. The minimum absolute atomic E-state index is 0.0120. The number of aliphatic carboxylic acids is 1. The number of carbonyl (C=O) groups is 3. The third kappa shape index (κ3) is 6.38. The number of rotatable bonds is 12. The maximum atomic E-state index is 13.5. The molecule has 2 aliphatic rings. The van der Waals surface area contributed by atoms with Crippen LogP contribution in [0.3, 0.4) is 0 Å². The predicted molar refractivity (Wildman–Crippen MR) is 135 cm³/mol. The summed E-state index contributed by atoms with van der Waals surface area (Å²) in [7, 11) is 0. The first kappa shape index (κ1) is 25.6. The topological polar surface area (TPSA) is 133 Å². The van der Waals surface area contributed by atoms with Crippen molar-refractivity contribution >= 4 is 23.7 Å². The molecule has 4 N–H and O–H groups in total. The van der Waals surface area contributed by atoms with Gasteiger partial charge in [-0.15, -0.1) is 0 Å². The van der Waals surface area contributed by atoms with Gasteiger partial charge in [0.05, 0.1) is 6.42 Å². The standard InChI is InChI=1S/C27H35N5O4/c33-22(18-26(19-23(34)35)10-3-4-11-26)32-27(16-20-8-1-2-9-21(20)17-27)24(36)28-12-5-6-13-29-25-30-14-7-15-31-25/h1-2,7-9,14-15H,3-6,10-13,16-19H2,(H,28,36)(H,32,33)(H,34,35)(H,29,30,31). The monoisotopic (exact) mass is 493 g/mol. The Bertz CT molecular complexity index is 1040. The Kier molecular flexibility index (Phi) is 8.18. The number of hydrogen-bond acceptors (Lipinski definition) is 6. The first-order valence-corrected chi connectivity index (χ1v) is 12.8. The third-order valence-electron chi connectivity index (χ3n) is 7.38. The number of carboxylic acid groups (broad SMARTS) is 1. The molecule has 1 aromatic heterocycles. The molecule has 1 saturated carbocycles. The highest BCUT2D eigenvalue weighted by molar-refractivity contribution is 5.93. The molecule has 2 aliphatic carbocycles. The van der Waals surface area contributed by atoms with Crippen LogP contribution in [0.5, 0.6) is 0 Å². The molecule has 0 atom stereocenters. The number of anilines is 1. The van der Waals surface area contributed by atoms with E-state index in [2.05, 4.69) is 25.9 Å². The van der Waals surface area contributed by atoms with Crippen LogP contribution in [-0.2, 0) is 27.2 Å². The Labute approximate surface area is 211 Å². The van der Waals surface area contributed by atoms with Crippen LogP contribution in [0.1, 0.15) is 62.5 Å². The Balaban J connectivity index is 1.35. The minimum atomic E-state index is -1.06. The number of unbranched alkanes of at least 4 members (excludes halogenated alkanes) is 1. The molecule has 1 heterocycles. The van der Waals surface area contributed by atoms with Gasteiger partial charge in [-0.05, 0) is 48.3 Å². The van der Waals surface area contributed by atoms with Gasteiger partial charge >= 0.3 is 5.97 Å². The van der Waals surface area contributed by atoms with Gasteiger partial charge in [-0.25, -0.2) is 9.97 Å². The van der Waals surface area contributed by atoms with E-state index >= 15 is 0 Å². The van der Waals surface area contributed by atoms with Crippen LogP contribution in [0, 0.1) is 5.41 Å². The third-order valence-corrected chi connectivity index (χ3v) is 7.38. The Morgan fingerprint density at radius 2 is 1.53 bits per heavy atom. The second kappa shape index (κ2) is 11.5. The average molecular weight is 494 g/mol. The minimum Gasteiger partial charge on any atom is -0.481 e. The Morgan fingerprint density at radius 3 is 2.17 bits per heavy atom. The fraction of sp³-hybridized carbons (Fsp3) is 0.519. The molecule has 36 heavy (non-hydrogen) atoms. The fourth-order valence-electron chi connectivity index (χ4n) is 5.65. The predicted octanol–water partition coefficient (Wildman–Crippen LogP) is 2.86. The van der Waals surface area contributed by atoms with Crippen molar-refractivity contribution in [3.63, 3.8) is 0 Å². The molecule has 2 aromatic rings. The van der Waals surface area contributed by atoms with E-state index in [1.807, 2.05) is 24.3 Å². The van der Waals surface area contributed by atoms with E-state index in [9.17, 15) is 19.5 Å². The van der Waals surface area contributed by atoms with Crippen molar-refractivity contribution in [1.29, 1.82) is 0 Å². The van der Waals surface area contributed by atoms with Crippen LogP contribution in [0.15, 0.2) is 42.7 Å². The molecule has 0 bridgehead atoms. The molecular formula is C27H35N5O4. The van der Waals surface area contributed by atoms with E-state index in [-0.39, 0.29) is 24.7 Å². The van der Waals surface area contributed by atoms with Crippen LogP contribution in [0.2, 0.25) is 0 Å². The van der Waals surface area contributed by atoms with Gasteiger partial charge in [-0.3, -0.25) is 14.4 Å². The molecule has 4 rings (SSSR count). The summed E-state index contributed by atoms with van der Waals surface area (Å²) in [5.74, 6) is -0.730. The lowest BCUT2D eigenvalue weighted by Crippen LogP contribution is -2.60. The summed E-state index contributed by atoms with van der Waals surface area (Å²) < 4.78 is 0. The lowest BCUT2D eigenvalue weighted by Gasteiger charge is -2.32. The van der Waals surface area contributed by atoms with Crippen molar-refractivity contribution in [3.05, 3.63) is 53.9 Å². The first-order chi connectivity index (χ1) is 17.4. The highest BCUT2D eigenvalue weighted by atomic mass is 16.4. The molecule has 1 fully saturated rings. The van der Waals surface area contributed by atoms with Gasteiger partial charge in [0.1, 0.15) is 5.54 Å². The number of hydrogen-bond donors (Lipinski definition) is 4. The second-order valence-electron chi connectivity index (χ2n) is 10.2. The Hall–Kier alpha value is -3.49. The number of carboxylic acids is 1. The molecule has 0 radical (unpaired) electrons. The summed E-state index contributed by atoms with van der Waals surface area (Å²) in [6.45, 7) is 1.19. The number of benzene rings is 1. The molecule has 2 amide bonds. The summed E-state index contributed by atoms with van der Waals surface area (Å²) in [6.07, 6.45) is 9.27. The summed E-state index contributed by atoms with van der Waals surface area (Å²) in [5, 5.41) is 18.7. The molecular weight excluding hydrogens is 458 g/mol. The van der Waals surface area contributed by atoms with Gasteiger partial charge < -0.3 is 21.1 Å². The molecule has 0 aliphatic heterocycles. The molecule has 192 valence electrons.